The Balaban J connectivity index is 0.00000400. The minimum Gasteiger partial charge on any atom is -0.354 e. The molecule has 3 nitrogen and oxygen atoms in total. The number of carbonyl (C=O) groups excluding carboxylic acids is 1. The number of amides is 1. The molecule has 0 radical (unpaired) electrons. The molecule has 0 saturated heterocycles. The van der Waals surface area contributed by atoms with E-state index in [0.717, 1.165) is 12.2 Å². The topological polar surface area (TPSA) is 55.1 Å². The summed E-state index contributed by atoms with van der Waals surface area (Å²) in [5.74, 6) is 0.857. The number of aryl methyl sites for hydroxylation is 1. The number of halogens is 1. The summed E-state index contributed by atoms with van der Waals surface area (Å²) in [6.07, 6.45) is 2.74. The number of hydrogen-bond donors (Lipinski definition) is 2. The Kier molecular flexibility index (Phi) is 9.02. The zero-order valence-electron chi connectivity index (χ0n) is 13.3. The molecule has 0 aromatic heterocycles. The SMILES string of the molecule is CSCC[C@H](N)C(=O)NCC(C)(C)c1cccc(C)c1.Cl. The van der Waals surface area contributed by atoms with Crippen LogP contribution in [-0.4, -0.2) is 30.5 Å². The third-order valence-electron chi connectivity index (χ3n) is 3.47. The van der Waals surface area contributed by atoms with Crippen LogP contribution < -0.4 is 11.1 Å². The van der Waals surface area contributed by atoms with Gasteiger partial charge in [0, 0.05) is 12.0 Å². The minimum absolute atomic E-state index is 0. The van der Waals surface area contributed by atoms with E-state index in [1.807, 2.05) is 6.26 Å². The van der Waals surface area contributed by atoms with Gasteiger partial charge in [-0.3, -0.25) is 4.79 Å². The Hall–Kier alpha value is -0.710. The molecule has 0 saturated carbocycles. The van der Waals surface area contributed by atoms with Crippen LogP contribution in [0.2, 0.25) is 0 Å². The molecule has 0 spiro atoms. The molecule has 0 aliphatic heterocycles. The van der Waals surface area contributed by atoms with Crippen LogP contribution >= 0.6 is 24.2 Å². The lowest BCUT2D eigenvalue weighted by Crippen LogP contribution is -2.45. The van der Waals surface area contributed by atoms with Gasteiger partial charge in [0.15, 0.2) is 0 Å². The predicted octanol–water partition coefficient (Wildman–Crippen LogP) is 2.89. The van der Waals surface area contributed by atoms with Gasteiger partial charge in [-0.25, -0.2) is 0 Å². The van der Waals surface area contributed by atoms with Crippen molar-refractivity contribution in [2.24, 2.45) is 5.73 Å². The average molecular weight is 331 g/mol. The quantitative estimate of drug-likeness (QED) is 0.808. The Morgan fingerprint density at radius 2 is 2.10 bits per heavy atom. The summed E-state index contributed by atoms with van der Waals surface area (Å²) in [7, 11) is 0. The molecule has 21 heavy (non-hydrogen) atoms. The van der Waals surface area contributed by atoms with Crippen molar-refractivity contribution in [1.29, 1.82) is 0 Å². The van der Waals surface area contributed by atoms with Crippen LogP contribution in [0.1, 0.15) is 31.4 Å². The monoisotopic (exact) mass is 330 g/mol. The van der Waals surface area contributed by atoms with Crippen molar-refractivity contribution < 1.29 is 4.79 Å². The third-order valence-corrected chi connectivity index (χ3v) is 4.12. The van der Waals surface area contributed by atoms with Crippen molar-refractivity contribution in [2.45, 2.75) is 38.6 Å². The van der Waals surface area contributed by atoms with E-state index >= 15 is 0 Å². The van der Waals surface area contributed by atoms with E-state index in [4.69, 9.17) is 5.73 Å². The maximum absolute atomic E-state index is 11.9. The Morgan fingerprint density at radius 1 is 1.43 bits per heavy atom. The second kappa shape index (κ2) is 9.34. The summed E-state index contributed by atoms with van der Waals surface area (Å²) in [6.45, 7) is 6.95. The van der Waals surface area contributed by atoms with Crippen LogP contribution in [0.25, 0.3) is 0 Å². The lowest BCUT2D eigenvalue weighted by molar-refractivity contribution is -0.122. The van der Waals surface area contributed by atoms with Crippen molar-refractivity contribution in [3.05, 3.63) is 35.4 Å². The number of nitrogens with two attached hydrogens (primary N) is 1. The van der Waals surface area contributed by atoms with Crippen molar-refractivity contribution in [1.82, 2.24) is 5.32 Å². The second-order valence-electron chi connectivity index (χ2n) is 5.86. The first kappa shape index (κ1) is 20.3. The molecule has 0 aliphatic rings. The van der Waals surface area contributed by atoms with E-state index in [9.17, 15) is 4.79 Å². The number of rotatable bonds is 7. The highest BCUT2D eigenvalue weighted by molar-refractivity contribution is 7.98. The van der Waals surface area contributed by atoms with E-state index in [0.29, 0.717) is 6.54 Å². The number of nitrogens with one attached hydrogen (secondary N) is 1. The van der Waals surface area contributed by atoms with E-state index in [1.54, 1.807) is 11.8 Å². The van der Waals surface area contributed by atoms with E-state index in [2.05, 4.69) is 50.4 Å². The Bertz CT molecular complexity index is 452. The highest BCUT2D eigenvalue weighted by Gasteiger charge is 2.23. The summed E-state index contributed by atoms with van der Waals surface area (Å²) in [6, 6.07) is 8.00. The van der Waals surface area contributed by atoms with Crippen molar-refractivity contribution in [2.75, 3.05) is 18.6 Å². The molecule has 1 aromatic carbocycles. The molecule has 1 amide bonds. The van der Waals surface area contributed by atoms with Crippen LogP contribution in [0.5, 0.6) is 0 Å². The summed E-state index contributed by atoms with van der Waals surface area (Å²) < 4.78 is 0. The third kappa shape index (κ3) is 6.72. The van der Waals surface area contributed by atoms with Crippen LogP contribution in [0.4, 0.5) is 0 Å². The fourth-order valence-corrected chi connectivity index (χ4v) is 2.47. The largest absolute Gasteiger partial charge is 0.354 e. The molecule has 0 aliphatic carbocycles. The van der Waals surface area contributed by atoms with Gasteiger partial charge in [0.1, 0.15) is 0 Å². The molecule has 1 atom stereocenters. The summed E-state index contributed by atoms with van der Waals surface area (Å²) >= 11 is 1.71. The molecule has 120 valence electrons. The minimum atomic E-state index is -0.407. The molecular weight excluding hydrogens is 304 g/mol. The van der Waals surface area contributed by atoms with E-state index in [-0.39, 0.29) is 23.7 Å². The van der Waals surface area contributed by atoms with Crippen molar-refractivity contribution in [3.8, 4) is 0 Å². The fraction of sp³-hybridized carbons (Fsp3) is 0.562. The molecule has 1 rings (SSSR count). The number of hydrogen-bond acceptors (Lipinski definition) is 3. The van der Waals surface area contributed by atoms with Crippen LogP contribution in [0, 0.1) is 6.92 Å². The van der Waals surface area contributed by atoms with Gasteiger partial charge < -0.3 is 11.1 Å². The summed E-state index contributed by atoms with van der Waals surface area (Å²) in [5, 5.41) is 2.98. The molecular formula is C16H27ClN2OS. The highest BCUT2D eigenvalue weighted by Crippen LogP contribution is 2.23. The number of thioether (sulfide) groups is 1. The number of benzene rings is 1. The second-order valence-corrected chi connectivity index (χ2v) is 6.84. The molecule has 1 aromatic rings. The standard InChI is InChI=1S/C16H26N2OS.ClH/c1-12-6-5-7-13(10-12)16(2,3)11-18-15(19)14(17)8-9-20-4;/h5-7,10,14H,8-9,11,17H2,1-4H3,(H,18,19);1H/t14-;/m0./s1. The van der Waals surface area contributed by atoms with Gasteiger partial charge >= 0.3 is 0 Å². The highest BCUT2D eigenvalue weighted by atomic mass is 35.5. The van der Waals surface area contributed by atoms with Crippen LogP contribution in [0.3, 0.4) is 0 Å². The smallest absolute Gasteiger partial charge is 0.236 e. The van der Waals surface area contributed by atoms with Gasteiger partial charge in [-0.15, -0.1) is 12.4 Å². The molecule has 0 unspecified atom stereocenters. The van der Waals surface area contributed by atoms with Gasteiger partial charge in [0.25, 0.3) is 0 Å². The first-order chi connectivity index (χ1) is 9.36. The van der Waals surface area contributed by atoms with Crippen LogP contribution in [0.15, 0.2) is 24.3 Å². The zero-order chi connectivity index (χ0) is 15.2. The van der Waals surface area contributed by atoms with Gasteiger partial charge in [0.05, 0.1) is 6.04 Å². The average Bonchev–Trinajstić information content (AvgIpc) is 2.42. The molecule has 0 heterocycles. The first-order valence-electron chi connectivity index (χ1n) is 6.96. The van der Waals surface area contributed by atoms with Gasteiger partial charge in [-0.05, 0) is 30.9 Å². The van der Waals surface area contributed by atoms with Gasteiger partial charge in [0.2, 0.25) is 5.91 Å². The lowest BCUT2D eigenvalue weighted by atomic mass is 9.84. The maximum atomic E-state index is 11.9. The Labute approximate surface area is 138 Å². The first-order valence-corrected chi connectivity index (χ1v) is 8.35. The van der Waals surface area contributed by atoms with Gasteiger partial charge in [-0.1, -0.05) is 43.7 Å². The fourth-order valence-electron chi connectivity index (χ4n) is 1.98. The molecule has 0 bridgehead atoms. The molecule has 5 heteroatoms. The number of carbonyl (C=O) groups is 1. The molecule has 0 fully saturated rings. The predicted molar refractivity (Wildman–Crippen MR) is 95.4 cm³/mol. The molecule has 3 N–H and O–H groups in total. The Morgan fingerprint density at radius 3 is 2.67 bits per heavy atom. The zero-order valence-corrected chi connectivity index (χ0v) is 14.9. The van der Waals surface area contributed by atoms with E-state index < -0.39 is 6.04 Å². The normalized spacial score (nSPS) is 12.4. The summed E-state index contributed by atoms with van der Waals surface area (Å²) in [5.41, 5.74) is 8.24. The van der Waals surface area contributed by atoms with E-state index in [1.165, 1.54) is 11.1 Å². The summed E-state index contributed by atoms with van der Waals surface area (Å²) in [4.78, 5) is 11.9. The van der Waals surface area contributed by atoms with Crippen molar-refractivity contribution in [3.63, 3.8) is 0 Å². The van der Waals surface area contributed by atoms with Crippen LogP contribution in [-0.2, 0) is 10.2 Å². The van der Waals surface area contributed by atoms with Gasteiger partial charge in [-0.2, -0.15) is 11.8 Å². The van der Waals surface area contributed by atoms with Crippen molar-refractivity contribution >= 4 is 30.1 Å². The lowest BCUT2D eigenvalue weighted by Gasteiger charge is -2.27. The maximum Gasteiger partial charge on any atom is 0.236 e.